The first kappa shape index (κ1) is 24.9. The minimum Gasteiger partial charge on any atom is -0.490 e. The third-order valence-electron chi connectivity index (χ3n) is 4.63. The molecule has 0 saturated heterocycles. The van der Waals surface area contributed by atoms with Crippen LogP contribution in [0.5, 0.6) is 11.5 Å². The van der Waals surface area contributed by atoms with Crippen molar-refractivity contribution in [1.82, 2.24) is 15.6 Å². The predicted octanol–water partition coefficient (Wildman–Crippen LogP) is 2.15. The van der Waals surface area contributed by atoms with Gasteiger partial charge in [-0.3, -0.25) is 20.4 Å². The summed E-state index contributed by atoms with van der Waals surface area (Å²) in [7, 11) is -3.76. The predicted molar refractivity (Wildman–Crippen MR) is 125 cm³/mol. The molecule has 1 aliphatic heterocycles. The summed E-state index contributed by atoms with van der Waals surface area (Å²) in [5, 5.41) is 0. The van der Waals surface area contributed by atoms with E-state index in [1.54, 1.807) is 6.07 Å². The van der Waals surface area contributed by atoms with E-state index in [0.717, 1.165) is 16.9 Å². The Balaban J connectivity index is 1.35. The molecule has 2 aromatic rings. The summed E-state index contributed by atoms with van der Waals surface area (Å²) in [6, 6.07) is 12.2. The number of thioether (sulfide) groups is 1. The van der Waals surface area contributed by atoms with E-state index in [1.165, 1.54) is 23.9 Å². The number of ether oxygens (including phenoxy) is 2. The van der Waals surface area contributed by atoms with Crippen LogP contribution in [-0.4, -0.2) is 45.7 Å². The van der Waals surface area contributed by atoms with Gasteiger partial charge in [-0.05, 0) is 37.6 Å². The van der Waals surface area contributed by atoms with Crippen LogP contribution in [0.25, 0.3) is 0 Å². The summed E-state index contributed by atoms with van der Waals surface area (Å²) >= 11 is 1.36. The van der Waals surface area contributed by atoms with Crippen molar-refractivity contribution in [2.75, 3.05) is 25.5 Å². The number of aryl methyl sites for hydroxylation is 1. The van der Waals surface area contributed by atoms with Crippen molar-refractivity contribution in [2.45, 2.75) is 36.0 Å². The monoisotopic (exact) mass is 493 g/mol. The van der Waals surface area contributed by atoms with Gasteiger partial charge >= 0.3 is 0 Å². The number of carbonyl (C=O) groups excluding carboxylic acids is 2. The minimum atomic E-state index is -3.76. The standard InChI is InChI=1S/C22H27N3O6S2/c1-16-5-7-17(8-6-16)32-15-22(27)25-24-21(26)4-2-11-23-33(28,29)18-9-10-19-20(14-18)31-13-3-12-30-19/h5-10,14,23H,2-4,11-13,15H2,1H3,(H,24,26)(H,25,27). The average molecular weight is 494 g/mol. The summed E-state index contributed by atoms with van der Waals surface area (Å²) in [5.41, 5.74) is 5.83. The largest absolute Gasteiger partial charge is 0.490 e. The maximum absolute atomic E-state index is 12.5. The SMILES string of the molecule is Cc1ccc(SCC(=O)NNC(=O)CCCNS(=O)(=O)c2ccc3c(c2)OCCCO3)cc1. The molecule has 1 aliphatic rings. The van der Waals surface area contributed by atoms with Crippen molar-refractivity contribution in [3.63, 3.8) is 0 Å². The molecule has 2 amide bonds. The molecular formula is C22H27N3O6S2. The maximum Gasteiger partial charge on any atom is 0.248 e. The molecule has 2 aromatic carbocycles. The summed E-state index contributed by atoms with van der Waals surface area (Å²) in [6.45, 7) is 3.04. The molecule has 0 radical (unpaired) electrons. The lowest BCUT2D eigenvalue weighted by Crippen LogP contribution is -2.42. The van der Waals surface area contributed by atoms with Crippen LogP contribution in [0.3, 0.4) is 0 Å². The summed E-state index contributed by atoms with van der Waals surface area (Å²) in [4.78, 5) is 24.8. The van der Waals surface area contributed by atoms with Crippen LogP contribution >= 0.6 is 11.8 Å². The topological polar surface area (TPSA) is 123 Å². The van der Waals surface area contributed by atoms with Gasteiger partial charge in [0.25, 0.3) is 0 Å². The van der Waals surface area contributed by atoms with Gasteiger partial charge in [-0.1, -0.05) is 17.7 Å². The van der Waals surface area contributed by atoms with Gasteiger partial charge in [-0.2, -0.15) is 0 Å². The molecule has 33 heavy (non-hydrogen) atoms. The molecule has 1 heterocycles. The molecular weight excluding hydrogens is 466 g/mol. The van der Waals surface area contributed by atoms with E-state index in [0.29, 0.717) is 24.7 Å². The number of fused-ring (bicyclic) bond motifs is 1. The van der Waals surface area contributed by atoms with Crippen molar-refractivity contribution in [3.8, 4) is 11.5 Å². The number of benzene rings is 2. The Kier molecular flexibility index (Phi) is 8.98. The number of amides is 2. The Hall–Kier alpha value is -2.76. The van der Waals surface area contributed by atoms with E-state index in [2.05, 4.69) is 15.6 Å². The Labute approximate surface area is 197 Å². The van der Waals surface area contributed by atoms with Crippen molar-refractivity contribution < 1.29 is 27.5 Å². The molecule has 0 spiro atoms. The first-order chi connectivity index (χ1) is 15.8. The first-order valence-corrected chi connectivity index (χ1v) is 13.0. The van der Waals surface area contributed by atoms with Gasteiger partial charge in [0.2, 0.25) is 21.8 Å². The smallest absolute Gasteiger partial charge is 0.248 e. The third kappa shape index (κ3) is 7.95. The van der Waals surface area contributed by atoms with Crippen molar-refractivity contribution in [1.29, 1.82) is 0 Å². The summed E-state index contributed by atoms with van der Waals surface area (Å²) < 4.78 is 38.5. The summed E-state index contributed by atoms with van der Waals surface area (Å²) in [6.07, 6.45) is 1.04. The fraction of sp³-hybridized carbons (Fsp3) is 0.364. The van der Waals surface area contributed by atoms with Gasteiger partial charge in [0, 0.05) is 30.3 Å². The Morgan fingerprint density at radius 1 is 0.970 bits per heavy atom. The fourth-order valence-electron chi connectivity index (χ4n) is 2.87. The van der Waals surface area contributed by atoms with E-state index >= 15 is 0 Å². The average Bonchev–Trinajstić information content (AvgIpc) is 3.05. The van der Waals surface area contributed by atoms with E-state index in [-0.39, 0.29) is 35.9 Å². The third-order valence-corrected chi connectivity index (χ3v) is 7.10. The molecule has 3 rings (SSSR count). The lowest BCUT2D eigenvalue weighted by atomic mass is 10.2. The van der Waals surface area contributed by atoms with Crippen LogP contribution in [0, 0.1) is 6.92 Å². The fourth-order valence-corrected chi connectivity index (χ4v) is 4.66. The van der Waals surface area contributed by atoms with E-state index in [9.17, 15) is 18.0 Å². The molecule has 0 bridgehead atoms. The van der Waals surface area contributed by atoms with Crippen molar-refractivity contribution in [2.24, 2.45) is 0 Å². The van der Waals surface area contributed by atoms with Gasteiger partial charge in [0.1, 0.15) is 0 Å². The number of nitrogens with one attached hydrogen (secondary N) is 3. The van der Waals surface area contributed by atoms with Crippen LogP contribution in [0.1, 0.15) is 24.8 Å². The lowest BCUT2D eigenvalue weighted by Gasteiger charge is -2.11. The molecule has 0 unspecified atom stereocenters. The van der Waals surface area contributed by atoms with Gasteiger partial charge in [-0.25, -0.2) is 13.1 Å². The van der Waals surface area contributed by atoms with E-state index in [4.69, 9.17) is 9.47 Å². The molecule has 0 atom stereocenters. The van der Waals surface area contributed by atoms with Crippen LogP contribution < -0.4 is 25.0 Å². The van der Waals surface area contributed by atoms with Gasteiger partial charge in [0.15, 0.2) is 11.5 Å². The van der Waals surface area contributed by atoms with Gasteiger partial charge in [-0.15, -0.1) is 11.8 Å². The second-order valence-electron chi connectivity index (χ2n) is 7.36. The Morgan fingerprint density at radius 2 is 1.67 bits per heavy atom. The number of carbonyl (C=O) groups is 2. The number of hydrazine groups is 1. The molecule has 0 aliphatic carbocycles. The highest BCUT2D eigenvalue weighted by molar-refractivity contribution is 8.00. The number of rotatable bonds is 9. The van der Waals surface area contributed by atoms with Crippen LogP contribution in [-0.2, 0) is 19.6 Å². The Morgan fingerprint density at radius 3 is 2.42 bits per heavy atom. The van der Waals surface area contributed by atoms with Gasteiger partial charge in [0.05, 0.1) is 23.9 Å². The second-order valence-corrected chi connectivity index (χ2v) is 10.2. The molecule has 0 saturated carbocycles. The molecule has 9 nitrogen and oxygen atoms in total. The highest BCUT2D eigenvalue weighted by Crippen LogP contribution is 2.31. The number of hydrogen-bond acceptors (Lipinski definition) is 7. The highest BCUT2D eigenvalue weighted by Gasteiger charge is 2.18. The van der Waals surface area contributed by atoms with Crippen LogP contribution in [0.15, 0.2) is 52.3 Å². The van der Waals surface area contributed by atoms with E-state index in [1.807, 2.05) is 31.2 Å². The van der Waals surface area contributed by atoms with Crippen molar-refractivity contribution >= 4 is 33.6 Å². The normalized spacial score (nSPS) is 13.1. The molecule has 3 N–H and O–H groups in total. The van der Waals surface area contributed by atoms with Crippen LogP contribution in [0.2, 0.25) is 0 Å². The zero-order valence-electron chi connectivity index (χ0n) is 18.3. The first-order valence-electron chi connectivity index (χ1n) is 10.5. The van der Waals surface area contributed by atoms with Crippen molar-refractivity contribution in [3.05, 3.63) is 48.0 Å². The summed E-state index contributed by atoms with van der Waals surface area (Å²) in [5.74, 6) is 0.342. The molecule has 0 aromatic heterocycles. The Bertz CT molecular complexity index is 1070. The maximum atomic E-state index is 12.5. The van der Waals surface area contributed by atoms with Crippen LogP contribution in [0.4, 0.5) is 0 Å². The van der Waals surface area contributed by atoms with E-state index < -0.39 is 15.9 Å². The zero-order valence-corrected chi connectivity index (χ0v) is 19.9. The second kappa shape index (κ2) is 11.9. The highest BCUT2D eigenvalue weighted by atomic mass is 32.2. The minimum absolute atomic E-state index is 0.0506. The number of sulfonamides is 1. The number of hydrogen-bond donors (Lipinski definition) is 3. The van der Waals surface area contributed by atoms with Gasteiger partial charge < -0.3 is 9.47 Å². The zero-order chi connectivity index (χ0) is 23.7. The molecule has 0 fully saturated rings. The molecule has 178 valence electrons. The molecule has 11 heteroatoms. The quantitative estimate of drug-likeness (QED) is 0.278. The lowest BCUT2D eigenvalue weighted by molar-refractivity contribution is -0.127.